The van der Waals surface area contributed by atoms with Crippen LogP contribution in [-0.2, 0) is 6.42 Å². The highest BCUT2D eigenvalue weighted by Crippen LogP contribution is 2.38. The molecule has 1 aliphatic carbocycles. The largest absolute Gasteiger partial charge is 0.376 e. The quantitative estimate of drug-likeness (QED) is 0.893. The van der Waals surface area contributed by atoms with Gasteiger partial charge in [-0.05, 0) is 36.1 Å². The molecule has 0 fully saturated rings. The fraction of sp³-hybridized carbons (Fsp3) is 0.294. The van der Waals surface area contributed by atoms with Gasteiger partial charge in [0.1, 0.15) is 0 Å². The topological polar surface area (TPSA) is 15.3 Å². The molecule has 0 amide bonds. The lowest BCUT2D eigenvalue weighted by molar-refractivity contribution is 0.761. The van der Waals surface area contributed by atoms with Crippen LogP contribution in [0.25, 0.3) is 0 Å². The Morgan fingerprint density at radius 3 is 2.70 bits per heavy atom. The van der Waals surface area contributed by atoms with Crippen LogP contribution < -0.4 is 10.2 Å². The SMILES string of the molecule is CN(C)c1c(Cl)cccc1NC1CCc2ccccc21. The fourth-order valence-electron chi connectivity index (χ4n) is 2.98. The molecular weight excluding hydrogens is 268 g/mol. The molecule has 0 aromatic heterocycles. The van der Waals surface area contributed by atoms with E-state index >= 15 is 0 Å². The van der Waals surface area contributed by atoms with E-state index in [-0.39, 0.29) is 0 Å². The van der Waals surface area contributed by atoms with E-state index in [1.807, 2.05) is 26.2 Å². The molecule has 20 heavy (non-hydrogen) atoms. The zero-order valence-corrected chi connectivity index (χ0v) is 12.6. The summed E-state index contributed by atoms with van der Waals surface area (Å²) in [7, 11) is 4.05. The number of aryl methyl sites for hydroxylation is 1. The predicted molar refractivity (Wildman–Crippen MR) is 86.9 cm³/mol. The number of hydrogen-bond donors (Lipinski definition) is 1. The summed E-state index contributed by atoms with van der Waals surface area (Å²) in [6.07, 6.45) is 2.28. The summed E-state index contributed by atoms with van der Waals surface area (Å²) in [5, 5.41) is 4.45. The van der Waals surface area contributed by atoms with E-state index in [0.29, 0.717) is 6.04 Å². The number of para-hydroxylation sites is 1. The average Bonchev–Trinajstić information content (AvgIpc) is 2.82. The van der Waals surface area contributed by atoms with Crippen molar-refractivity contribution in [3.63, 3.8) is 0 Å². The Kier molecular flexibility index (Phi) is 3.58. The van der Waals surface area contributed by atoms with Crippen LogP contribution in [0.1, 0.15) is 23.6 Å². The highest BCUT2D eigenvalue weighted by atomic mass is 35.5. The molecule has 3 rings (SSSR count). The summed E-state index contributed by atoms with van der Waals surface area (Å²) in [5.41, 5.74) is 5.03. The molecule has 1 N–H and O–H groups in total. The number of nitrogens with zero attached hydrogens (tertiary/aromatic N) is 1. The van der Waals surface area contributed by atoms with Crippen LogP contribution in [0.3, 0.4) is 0 Å². The highest BCUT2D eigenvalue weighted by molar-refractivity contribution is 6.34. The van der Waals surface area contributed by atoms with Crippen molar-refractivity contribution in [3.05, 3.63) is 58.6 Å². The first-order chi connectivity index (χ1) is 9.66. The molecule has 0 aliphatic heterocycles. The number of hydrogen-bond acceptors (Lipinski definition) is 2. The lowest BCUT2D eigenvalue weighted by Crippen LogP contribution is -2.14. The van der Waals surface area contributed by atoms with Gasteiger partial charge in [0, 0.05) is 14.1 Å². The second-order valence-electron chi connectivity index (χ2n) is 5.46. The van der Waals surface area contributed by atoms with Gasteiger partial charge in [0.15, 0.2) is 0 Å². The number of anilines is 2. The summed E-state index contributed by atoms with van der Waals surface area (Å²) in [6.45, 7) is 0. The van der Waals surface area contributed by atoms with Gasteiger partial charge in [-0.2, -0.15) is 0 Å². The molecule has 0 heterocycles. The van der Waals surface area contributed by atoms with Crippen LogP contribution in [0.4, 0.5) is 11.4 Å². The maximum Gasteiger partial charge on any atom is 0.0786 e. The number of rotatable bonds is 3. The molecule has 1 aliphatic rings. The monoisotopic (exact) mass is 286 g/mol. The molecule has 2 aromatic rings. The smallest absolute Gasteiger partial charge is 0.0786 e. The van der Waals surface area contributed by atoms with Crippen LogP contribution in [0.15, 0.2) is 42.5 Å². The molecule has 0 saturated carbocycles. The second-order valence-corrected chi connectivity index (χ2v) is 5.87. The Bertz CT molecular complexity index is 622. The van der Waals surface area contributed by atoms with Gasteiger partial charge in [0.2, 0.25) is 0 Å². The van der Waals surface area contributed by atoms with Crippen LogP contribution in [0.5, 0.6) is 0 Å². The number of halogens is 1. The van der Waals surface area contributed by atoms with Crippen LogP contribution in [0, 0.1) is 0 Å². The molecule has 0 bridgehead atoms. The Balaban J connectivity index is 1.92. The van der Waals surface area contributed by atoms with Gasteiger partial charge in [-0.15, -0.1) is 0 Å². The van der Waals surface area contributed by atoms with E-state index in [9.17, 15) is 0 Å². The van der Waals surface area contributed by atoms with Gasteiger partial charge < -0.3 is 10.2 Å². The summed E-state index contributed by atoms with van der Waals surface area (Å²) in [6, 6.07) is 15.1. The van der Waals surface area contributed by atoms with Gasteiger partial charge in [-0.3, -0.25) is 0 Å². The van der Waals surface area contributed by atoms with Crippen molar-refractivity contribution in [3.8, 4) is 0 Å². The fourth-order valence-corrected chi connectivity index (χ4v) is 3.32. The third-order valence-corrected chi connectivity index (χ3v) is 4.20. The third kappa shape index (κ3) is 2.36. The van der Waals surface area contributed by atoms with Crippen molar-refractivity contribution < 1.29 is 0 Å². The molecule has 0 saturated heterocycles. The van der Waals surface area contributed by atoms with E-state index in [1.165, 1.54) is 11.1 Å². The van der Waals surface area contributed by atoms with Gasteiger partial charge >= 0.3 is 0 Å². The Morgan fingerprint density at radius 1 is 1.10 bits per heavy atom. The first-order valence-electron chi connectivity index (χ1n) is 6.97. The molecule has 3 heteroatoms. The molecule has 0 spiro atoms. The van der Waals surface area contributed by atoms with E-state index in [0.717, 1.165) is 29.2 Å². The lowest BCUT2D eigenvalue weighted by Gasteiger charge is -2.23. The standard InChI is InChI=1S/C17H19ClN2/c1-20(2)17-14(18)8-5-9-16(17)19-15-11-10-12-6-3-4-7-13(12)15/h3-9,15,19H,10-11H2,1-2H3. The Morgan fingerprint density at radius 2 is 1.90 bits per heavy atom. The Labute approximate surface area is 125 Å². The normalized spacial score (nSPS) is 16.9. The third-order valence-electron chi connectivity index (χ3n) is 3.90. The van der Waals surface area contributed by atoms with E-state index in [2.05, 4.69) is 40.5 Å². The second kappa shape index (κ2) is 5.37. The summed E-state index contributed by atoms with van der Waals surface area (Å²) in [4.78, 5) is 2.06. The molecular formula is C17H19ClN2. The molecule has 1 atom stereocenters. The van der Waals surface area contributed by atoms with Crippen molar-refractivity contribution in [2.24, 2.45) is 0 Å². The zero-order valence-electron chi connectivity index (χ0n) is 11.9. The van der Waals surface area contributed by atoms with E-state index < -0.39 is 0 Å². The summed E-state index contributed by atoms with van der Waals surface area (Å²) in [5.74, 6) is 0. The van der Waals surface area contributed by atoms with Gasteiger partial charge in [0.25, 0.3) is 0 Å². The number of benzene rings is 2. The van der Waals surface area contributed by atoms with Crippen LogP contribution in [-0.4, -0.2) is 14.1 Å². The molecule has 0 radical (unpaired) electrons. The maximum absolute atomic E-state index is 6.33. The molecule has 104 valence electrons. The first kappa shape index (κ1) is 13.3. The van der Waals surface area contributed by atoms with E-state index in [1.54, 1.807) is 0 Å². The minimum absolute atomic E-state index is 0.378. The maximum atomic E-state index is 6.33. The average molecular weight is 287 g/mol. The van der Waals surface area contributed by atoms with Crippen molar-refractivity contribution in [2.45, 2.75) is 18.9 Å². The van der Waals surface area contributed by atoms with Gasteiger partial charge in [-0.1, -0.05) is 41.9 Å². The first-order valence-corrected chi connectivity index (χ1v) is 7.35. The summed E-state index contributed by atoms with van der Waals surface area (Å²) >= 11 is 6.33. The van der Waals surface area contributed by atoms with Crippen LogP contribution in [0.2, 0.25) is 5.02 Å². The van der Waals surface area contributed by atoms with Crippen LogP contribution >= 0.6 is 11.6 Å². The highest BCUT2D eigenvalue weighted by Gasteiger charge is 2.23. The van der Waals surface area contributed by atoms with Crippen molar-refractivity contribution >= 4 is 23.0 Å². The minimum Gasteiger partial charge on any atom is -0.376 e. The lowest BCUT2D eigenvalue weighted by atomic mass is 10.1. The zero-order chi connectivity index (χ0) is 14.1. The predicted octanol–water partition coefficient (Wildman–Crippen LogP) is 4.51. The minimum atomic E-state index is 0.378. The molecule has 2 nitrogen and oxygen atoms in total. The Hall–Kier alpha value is -1.67. The summed E-state index contributed by atoms with van der Waals surface area (Å²) < 4.78 is 0. The number of nitrogens with one attached hydrogen (secondary N) is 1. The molecule has 1 unspecified atom stereocenters. The van der Waals surface area contributed by atoms with Crippen molar-refractivity contribution in [1.82, 2.24) is 0 Å². The van der Waals surface area contributed by atoms with Crippen molar-refractivity contribution in [1.29, 1.82) is 0 Å². The van der Waals surface area contributed by atoms with Gasteiger partial charge in [-0.25, -0.2) is 0 Å². The number of fused-ring (bicyclic) bond motifs is 1. The van der Waals surface area contributed by atoms with E-state index in [4.69, 9.17) is 11.6 Å². The molecule has 2 aromatic carbocycles. The van der Waals surface area contributed by atoms with Crippen molar-refractivity contribution in [2.75, 3.05) is 24.3 Å². The van der Waals surface area contributed by atoms with Gasteiger partial charge in [0.05, 0.1) is 22.4 Å².